The molecule has 1 unspecified atom stereocenters. The predicted octanol–water partition coefficient (Wildman–Crippen LogP) is 4.74. The van der Waals surface area contributed by atoms with Crippen LogP contribution >= 0.6 is 0 Å². The van der Waals surface area contributed by atoms with Crippen molar-refractivity contribution in [2.24, 2.45) is 4.99 Å². The van der Waals surface area contributed by atoms with Crippen LogP contribution in [0.1, 0.15) is 21.8 Å². The van der Waals surface area contributed by atoms with Gasteiger partial charge in [0.15, 0.2) is 22.9 Å². The molecule has 2 aliphatic heterocycles. The van der Waals surface area contributed by atoms with Crippen LogP contribution in [0.4, 0.5) is 0 Å². The second-order valence-electron chi connectivity index (χ2n) is 8.68. The van der Waals surface area contributed by atoms with Crippen LogP contribution < -0.4 is 10.1 Å². The van der Waals surface area contributed by atoms with E-state index in [2.05, 4.69) is 15.3 Å². The Kier molecular flexibility index (Phi) is 5.61. The molecule has 0 saturated carbocycles. The summed E-state index contributed by atoms with van der Waals surface area (Å²) in [7, 11) is 1.72. The van der Waals surface area contributed by atoms with Crippen molar-refractivity contribution in [3.05, 3.63) is 108 Å². The summed E-state index contributed by atoms with van der Waals surface area (Å²) < 4.78 is 12.3. The highest BCUT2D eigenvalue weighted by Gasteiger charge is 2.35. The number of carbonyl (C=O) groups excluding carboxylic acids is 2. The van der Waals surface area contributed by atoms with Crippen LogP contribution in [-0.4, -0.2) is 41.0 Å². The molecule has 4 aromatic rings. The number of carbonyl (C=O) groups is 2. The molecular formula is C29H22N4O4. The van der Waals surface area contributed by atoms with Gasteiger partial charge in [0.1, 0.15) is 5.75 Å². The summed E-state index contributed by atoms with van der Waals surface area (Å²) >= 11 is 0. The van der Waals surface area contributed by atoms with Crippen molar-refractivity contribution in [3.8, 4) is 11.5 Å². The molecule has 1 aromatic heterocycles. The molecule has 0 aliphatic carbocycles. The van der Waals surface area contributed by atoms with E-state index in [9.17, 15) is 9.59 Å². The standard InChI is InChI=1S/C29H22N4O4/c1-33-17-22(20-14-15-30-25(20)29(33)35)21-12-13-23-26(27(21)36-19-10-6-3-7-11-19)32-24(37-23)16-31-28(34)18-8-4-2-5-9-18/h2-15,17,25H,16H2,1H3,(H,31,34). The van der Waals surface area contributed by atoms with Crippen molar-refractivity contribution < 1.29 is 18.7 Å². The van der Waals surface area contributed by atoms with Crippen LogP contribution in [0.3, 0.4) is 0 Å². The Morgan fingerprint density at radius 2 is 1.81 bits per heavy atom. The minimum Gasteiger partial charge on any atom is -0.454 e. The minimum absolute atomic E-state index is 0.0896. The van der Waals surface area contributed by atoms with E-state index in [0.29, 0.717) is 34.1 Å². The number of amides is 2. The zero-order valence-electron chi connectivity index (χ0n) is 19.9. The maximum absolute atomic E-state index is 12.6. The molecule has 8 heteroatoms. The Balaban J connectivity index is 1.40. The monoisotopic (exact) mass is 490 g/mol. The predicted molar refractivity (Wildman–Crippen MR) is 139 cm³/mol. The number of rotatable bonds is 6. The molecule has 0 radical (unpaired) electrons. The lowest BCUT2D eigenvalue weighted by Crippen LogP contribution is -2.36. The topological polar surface area (TPSA) is 97.0 Å². The van der Waals surface area contributed by atoms with Crippen molar-refractivity contribution in [3.63, 3.8) is 0 Å². The SMILES string of the molecule is CN1C=C(c2ccc3oc(CNC(=O)c4ccccc4)nc3c2Oc2ccccc2)C2=CC=NC2C1=O. The van der Waals surface area contributed by atoms with E-state index in [0.717, 1.165) is 16.7 Å². The lowest BCUT2D eigenvalue weighted by molar-refractivity contribution is -0.128. The van der Waals surface area contributed by atoms with Gasteiger partial charge in [-0.1, -0.05) is 36.4 Å². The Morgan fingerprint density at radius 1 is 1.05 bits per heavy atom. The van der Waals surface area contributed by atoms with Gasteiger partial charge in [0.25, 0.3) is 11.8 Å². The molecule has 8 nitrogen and oxygen atoms in total. The normalized spacial score (nSPS) is 16.4. The average Bonchev–Trinajstić information content (AvgIpc) is 3.59. The van der Waals surface area contributed by atoms with E-state index >= 15 is 0 Å². The molecule has 0 fully saturated rings. The largest absolute Gasteiger partial charge is 0.454 e. The fourth-order valence-electron chi connectivity index (χ4n) is 4.43. The van der Waals surface area contributed by atoms with Gasteiger partial charge in [-0.15, -0.1) is 0 Å². The summed E-state index contributed by atoms with van der Waals surface area (Å²) in [5, 5.41) is 2.85. The zero-order chi connectivity index (χ0) is 25.4. The van der Waals surface area contributed by atoms with Gasteiger partial charge < -0.3 is 19.4 Å². The van der Waals surface area contributed by atoms with E-state index in [-0.39, 0.29) is 18.4 Å². The molecule has 0 saturated heterocycles. The summed E-state index contributed by atoms with van der Waals surface area (Å²) in [5.74, 6) is 1.17. The Hall–Kier alpha value is -4.98. The molecule has 0 bridgehead atoms. The first-order valence-corrected chi connectivity index (χ1v) is 11.8. The molecular weight excluding hydrogens is 468 g/mol. The highest BCUT2D eigenvalue weighted by atomic mass is 16.5. The van der Waals surface area contributed by atoms with Crippen LogP contribution in [0.25, 0.3) is 16.7 Å². The molecule has 1 atom stereocenters. The van der Waals surface area contributed by atoms with Crippen molar-refractivity contribution in [2.75, 3.05) is 7.05 Å². The number of hydrogen-bond donors (Lipinski definition) is 1. The van der Waals surface area contributed by atoms with Crippen molar-refractivity contribution >= 4 is 34.7 Å². The summed E-state index contributed by atoms with van der Waals surface area (Å²) in [6.07, 6.45) is 5.30. The van der Waals surface area contributed by atoms with Gasteiger partial charge in [0, 0.05) is 36.2 Å². The van der Waals surface area contributed by atoms with Gasteiger partial charge in [-0.3, -0.25) is 14.6 Å². The first-order valence-electron chi connectivity index (χ1n) is 11.8. The maximum Gasteiger partial charge on any atom is 0.255 e. The zero-order valence-corrected chi connectivity index (χ0v) is 19.9. The van der Waals surface area contributed by atoms with Gasteiger partial charge in [-0.2, -0.15) is 0 Å². The van der Waals surface area contributed by atoms with Gasteiger partial charge in [-0.25, -0.2) is 4.98 Å². The number of para-hydroxylation sites is 1. The number of nitrogens with one attached hydrogen (secondary N) is 1. The van der Waals surface area contributed by atoms with E-state index in [1.165, 1.54) is 0 Å². The van der Waals surface area contributed by atoms with Crippen LogP contribution in [0.5, 0.6) is 11.5 Å². The lowest BCUT2D eigenvalue weighted by Gasteiger charge is -2.27. The second-order valence-corrected chi connectivity index (χ2v) is 8.68. The Morgan fingerprint density at radius 3 is 2.59 bits per heavy atom. The summed E-state index contributed by atoms with van der Waals surface area (Å²) in [6, 6.07) is 21.5. The number of aromatic nitrogens is 1. The molecule has 3 aromatic carbocycles. The fraction of sp³-hybridized carbons (Fsp3) is 0.103. The van der Waals surface area contributed by atoms with Crippen LogP contribution in [0.15, 0.2) is 100 Å². The fourth-order valence-corrected chi connectivity index (χ4v) is 4.43. The van der Waals surface area contributed by atoms with Crippen molar-refractivity contribution in [2.45, 2.75) is 12.6 Å². The smallest absolute Gasteiger partial charge is 0.255 e. The van der Waals surface area contributed by atoms with Crippen molar-refractivity contribution in [1.29, 1.82) is 0 Å². The number of hydrogen-bond acceptors (Lipinski definition) is 6. The number of ether oxygens (including phenoxy) is 1. The van der Waals surface area contributed by atoms with Gasteiger partial charge in [-0.05, 0) is 48.0 Å². The summed E-state index contributed by atoms with van der Waals surface area (Å²) in [4.78, 5) is 35.7. The van der Waals surface area contributed by atoms with E-state index in [1.807, 2.05) is 66.7 Å². The number of fused-ring (bicyclic) bond motifs is 2. The number of benzene rings is 3. The number of nitrogens with zero attached hydrogens (tertiary/aromatic N) is 3. The third-order valence-corrected chi connectivity index (χ3v) is 6.25. The van der Waals surface area contributed by atoms with E-state index in [1.54, 1.807) is 36.5 Å². The molecule has 3 heterocycles. The maximum atomic E-state index is 12.6. The second kappa shape index (κ2) is 9.23. The van der Waals surface area contributed by atoms with Gasteiger partial charge in [0.05, 0.1) is 6.54 Å². The lowest BCUT2D eigenvalue weighted by atomic mass is 9.90. The van der Waals surface area contributed by atoms with Crippen LogP contribution in [0, 0.1) is 0 Å². The highest BCUT2D eigenvalue weighted by molar-refractivity contribution is 6.05. The molecule has 2 amide bonds. The third kappa shape index (κ3) is 4.18. The number of allylic oxidation sites excluding steroid dienone is 1. The average molecular weight is 491 g/mol. The van der Waals surface area contributed by atoms with E-state index in [4.69, 9.17) is 9.15 Å². The molecule has 37 heavy (non-hydrogen) atoms. The number of aliphatic imine (C=N–C) groups is 1. The quantitative estimate of drug-likeness (QED) is 0.421. The molecule has 6 rings (SSSR count). The molecule has 0 spiro atoms. The highest BCUT2D eigenvalue weighted by Crippen LogP contribution is 2.42. The van der Waals surface area contributed by atoms with Crippen LogP contribution in [-0.2, 0) is 11.3 Å². The molecule has 2 aliphatic rings. The summed E-state index contributed by atoms with van der Waals surface area (Å²) in [5.41, 5.74) is 3.97. The summed E-state index contributed by atoms with van der Waals surface area (Å²) in [6.45, 7) is 0.115. The number of oxazole rings is 1. The first-order chi connectivity index (χ1) is 18.1. The Labute approximate surface area is 212 Å². The number of likely N-dealkylation sites (N-methyl/N-ethyl adjacent to an activating group) is 1. The molecule has 182 valence electrons. The Bertz CT molecular complexity index is 1600. The third-order valence-electron chi connectivity index (χ3n) is 6.25. The van der Waals surface area contributed by atoms with Crippen LogP contribution in [0.2, 0.25) is 0 Å². The molecule has 1 N–H and O–H groups in total. The van der Waals surface area contributed by atoms with Crippen molar-refractivity contribution in [1.82, 2.24) is 15.2 Å². The first kappa shape index (κ1) is 22.5. The minimum atomic E-state index is -0.577. The van der Waals surface area contributed by atoms with E-state index < -0.39 is 6.04 Å². The van der Waals surface area contributed by atoms with Gasteiger partial charge in [0.2, 0.25) is 5.89 Å². The van der Waals surface area contributed by atoms with Gasteiger partial charge >= 0.3 is 0 Å².